The van der Waals surface area contributed by atoms with Crippen LogP contribution in [0.2, 0.25) is 0 Å². The maximum absolute atomic E-state index is 12.5. The van der Waals surface area contributed by atoms with Gasteiger partial charge in [-0.15, -0.1) is 22.7 Å². The maximum Gasteiger partial charge on any atom is 0.261 e. The minimum Gasteiger partial charge on any atom is -0.369 e. The van der Waals surface area contributed by atoms with E-state index in [0.717, 1.165) is 63.2 Å². The highest BCUT2D eigenvalue weighted by Crippen LogP contribution is 2.45. The molecule has 1 aliphatic carbocycles. The zero-order valence-electron chi connectivity index (χ0n) is 14.7. The van der Waals surface area contributed by atoms with E-state index in [1.807, 2.05) is 11.6 Å². The number of thiophene rings is 1. The van der Waals surface area contributed by atoms with Crippen LogP contribution in [-0.2, 0) is 23.3 Å². The van der Waals surface area contributed by atoms with Crippen molar-refractivity contribution < 1.29 is 9.53 Å². The Labute approximate surface area is 161 Å². The Balaban J connectivity index is 1.31. The Morgan fingerprint density at radius 3 is 2.96 bits per heavy atom. The van der Waals surface area contributed by atoms with Crippen LogP contribution in [-0.4, -0.2) is 41.5 Å². The summed E-state index contributed by atoms with van der Waals surface area (Å²) in [5, 5.41) is 6.34. The minimum absolute atomic E-state index is 0.100. The summed E-state index contributed by atoms with van der Waals surface area (Å²) < 4.78 is 6.34. The molecule has 0 bridgehead atoms. The molecule has 5 nitrogen and oxygen atoms in total. The third kappa shape index (κ3) is 3.22. The van der Waals surface area contributed by atoms with Gasteiger partial charge in [0.2, 0.25) is 0 Å². The molecule has 2 aliphatic heterocycles. The number of likely N-dealkylation sites (tertiary alicyclic amines) is 1. The Hall–Kier alpha value is -1.28. The van der Waals surface area contributed by atoms with Crippen LogP contribution in [0.4, 0.5) is 0 Å². The fraction of sp³-hybridized carbons (Fsp3) is 0.579. The number of piperidine rings is 1. The monoisotopic (exact) mass is 389 g/mol. The van der Waals surface area contributed by atoms with Gasteiger partial charge in [-0.1, -0.05) is 0 Å². The first kappa shape index (κ1) is 16.9. The third-order valence-corrected chi connectivity index (χ3v) is 7.74. The molecule has 3 aliphatic rings. The lowest BCUT2D eigenvalue weighted by molar-refractivity contribution is -0.0960. The van der Waals surface area contributed by atoms with Gasteiger partial charge in [-0.25, -0.2) is 4.98 Å². The van der Waals surface area contributed by atoms with Gasteiger partial charge in [-0.2, -0.15) is 0 Å². The van der Waals surface area contributed by atoms with Crippen LogP contribution in [0.15, 0.2) is 17.6 Å². The van der Waals surface area contributed by atoms with Gasteiger partial charge in [0, 0.05) is 35.6 Å². The predicted molar refractivity (Wildman–Crippen MR) is 103 cm³/mol. The van der Waals surface area contributed by atoms with Crippen LogP contribution in [0, 0.1) is 0 Å². The Morgan fingerprint density at radius 2 is 2.23 bits per heavy atom. The second kappa shape index (κ2) is 6.71. The molecule has 4 heterocycles. The molecule has 0 unspecified atom stereocenters. The molecular weight excluding hydrogens is 366 g/mol. The van der Waals surface area contributed by atoms with Crippen molar-refractivity contribution in [2.45, 2.75) is 50.3 Å². The van der Waals surface area contributed by atoms with Crippen molar-refractivity contribution in [2.75, 3.05) is 19.7 Å². The molecule has 1 N–H and O–H groups in total. The van der Waals surface area contributed by atoms with Crippen molar-refractivity contribution in [3.05, 3.63) is 38.0 Å². The lowest BCUT2D eigenvalue weighted by atomic mass is 9.85. The molecule has 0 aromatic carbocycles. The predicted octanol–water partition coefficient (Wildman–Crippen LogP) is 3.16. The minimum atomic E-state index is -0.185. The number of aromatic nitrogens is 1. The molecule has 0 atom stereocenters. The van der Waals surface area contributed by atoms with Crippen LogP contribution in [0.3, 0.4) is 0 Å². The zero-order valence-corrected chi connectivity index (χ0v) is 16.3. The van der Waals surface area contributed by atoms with Crippen molar-refractivity contribution in [1.82, 2.24) is 15.2 Å². The highest BCUT2D eigenvalue weighted by atomic mass is 32.1. The van der Waals surface area contributed by atoms with E-state index < -0.39 is 0 Å². The number of ether oxygens (including phenoxy) is 1. The van der Waals surface area contributed by atoms with Gasteiger partial charge in [0.05, 0.1) is 18.0 Å². The Morgan fingerprint density at radius 1 is 1.38 bits per heavy atom. The summed E-state index contributed by atoms with van der Waals surface area (Å²) >= 11 is 3.38. The van der Waals surface area contributed by atoms with Gasteiger partial charge in [0.25, 0.3) is 5.91 Å². The fourth-order valence-electron chi connectivity index (χ4n) is 3.98. The smallest absolute Gasteiger partial charge is 0.261 e. The summed E-state index contributed by atoms with van der Waals surface area (Å²) in [6, 6.07) is 2.52. The number of hydrogen-bond donors (Lipinski definition) is 1. The summed E-state index contributed by atoms with van der Waals surface area (Å²) in [4.78, 5) is 21.5. The van der Waals surface area contributed by atoms with Crippen molar-refractivity contribution in [2.24, 2.45) is 0 Å². The average molecular weight is 390 g/mol. The van der Waals surface area contributed by atoms with Gasteiger partial charge >= 0.3 is 0 Å². The van der Waals surface area contributed by atoms with E-state index in [9.17, 15) is 4.79 Å². The van der Waals surface area contributed by atoms with E-state index in [2.05, 4.69) is 21.3 Å². The first-order valence-electron chi connectivity index (χ1n) is 9.41. The largest absolute Gasteiger partial charge is 0.369 e. The second-order valence-electron chi connectivity index (χ2n) is 7.51. The SMILES string of the molecule is O=C(NC1CC1)c1cc2c(s1)C1(CCN(Cc3nccs3)CC1)OCC2. The highest BCUT2D eigenvalue weighted by Gasteiger charge is 2.43. The summed E-state index contributed by atoms with van der Waals surface area (Å²) in [5.74, 6) is 0.100. The molecule has 2 aromatic heterocycles. The van der Waals surface area contributed by atoms with Crippen molar-refractivity contribution in [3.63, 3.8) is 0 Å². The molecule has 1 saturated carbocycles. The summed E-state index contributed by atoms with van der Waals surface area (Å²) in [6.07, 6.45) is 7.04. The highest BCUT2D eigenvalue weighted by molar-refractivity contribution is 7.14. The van der Waals surface area contributed by atoms with Gasteiger partial charge in [-0.3, -0.25) is 9.69 Å². The molecular formula is C19H23N3O2S2. The van der Waals surface area contributed by atoms with Crippen LogP contribution in [0.25, 0.3) is 0 Å². The summed E-state index contributed by atoms with van der Waals surface area (Å²) in [5.41, 5.74) is 1.14. The normalized spacial score (nSPS) is 22.3. The first-order chi connectivity index (χ1) is 12.7. The van der Waals surface area contributed by atoms with E-state index >= 15 is 0 Å². The fourth-order valence-corrected chi connectivity index (χ4v) is 5.96. The number of nitrogens with zero attached hydrogens (tertiary/aromatic N) is 2. The second-order valence-corrected chi connectivity index (χ2v) is 9.54. The van der Waals surface area contributed by atoms with Crippen molar-refractivity contribution >= 4 is 28.6 Å². The molecule has 0 radical (unpaired) electrons. The van der Waals surface area contributed by atoms with Crippen molar-refractivity contribution in [3.8, 4) is 0 Å². The van der Waals surface area contributed by atoms with E-state index in [1.165, 1.54) is 15.4 Å². The van der Waals surface area contributed by atoms with E-state index in [-0.39, 0.29) is 11.5 Å². The number of fused-ring (bicyclic) bond motifs is 2. The molecule has 1 saturated heterocycles. The molecule has 5 rings (SSSR count). The quantitative estimate of drug-likeness (QED) is 0.873. The number of carbonyl (C=O) groups excluding carboxylic acids is 1. The van der Waals surface area contributed by atoms with Crippen LogP contribution >= 0.6 is 22.7 Å². The number of thiazole rings is 1. The Kier molecular flexibility index (Phi) is 4.35. The number of hydrogen-bond acceptors (Lipinski definition) is 6. The Bertz CT molecular complexity index is 790. The van der Waals surface area contributed by atoms with Crippen LogP contribution in [0.5, 0.6) is 0 Å². The molecule has 1 spiro atoms. The molecule has 138 valence electrons. The number of amides is 1. The third-order valence-electron chi connectivity index (χ3n) is 5.61. The first-order valence-corrected chi connectivity index (χ1v) is 11.1. The topological polar surface area (TPSA) is 54.5 Å². The molecule has 7 heteroatoms. The van der Waals surface area contributed by atoms with Gasteiger partial charge in [-0.05, 0) is 43.7 Å². The van der Waals surface area contributed by atoms with E-state index in [1.54, 1.807) is 22.7 Å². The number of rotatable bonds is 4. The number of carbonyl (C=O) groups is 1. The van der Waals surface area contributed by atoms with Crippen LogP contribution in [0.1, 0.15) is 50.8 Å². The van der Waals surface area contributed by atoms with Gasteiger partial charge in [0.15, 0.2) is 0 Å². The van der Waals surface area contributed by atoms with Crippen molar-refractivity contribution in [1.29, 1.82) is 0 Å². The standard InChI is InChI=1S/C19H23N3O2S2/c23-18(21-14-1-2-14)15-11-13-3-9-24-19(17(13)26-15)4-7-22(8-5-19)12-16-20-6-10-25-16/h6,10-11,14H,1-5,7-9,12H2,(H,21,23). The molecule has 1 amide bonds. The van der Waals surface area contributed by atoms with Gasteiger partial charge in [0.1, 0.15) is 10.6 Å². The number of nitrogens with one attached hydrogen (secondary N) is 1. The average Bonchev–Trinajstić information content (AvgIpc) is 3.13. The summed E-state index contributed by atoms with van der Waals surface area (Å²) in [6.45, 7) is 3.72. The van der Waals surface area contributed by atoms with E-state index in [0.29, 0.717) is 6.04 Å². The van der Waals surface area contributed by atoms with Crippen LogP contribution < -0.4 is 5.32 Å². The maximum atomic E-state index is 12.5. The zero-order chi connectivity index (χ0) is 17.6. The molecule has 2 aromatic rings. The molecule has 2 fully saturated rings. The van der Waals surface area contributed by atoms with Gasteiger partial charge < -0.3 is 10.1 Å². The van der Waals surface area contributed by atoms with E-state index in [4.69, 9.17) is 4.74 Å². The lowest BCUT2D eigenvalue weighted by Gasteiger charge is -2.43. The summed E-state index contributed by atoms with van der Waals surface area (Å²) in [7, 11) is 0. The lowest BCUT2D eigenvalue weighted by Crippen LogP contribution is -2.45. The molecule has 26 heavy (non-hydrogen) atoms.